The van der Waals surface area contributed by atoms with E-state index in [9.17, 15) is 4.79 Å². The maximum absolute atomic E-state index is 12.0. The lowest BCUT2D eigenvalue weighted by molar-refractivity contribution is 0.0982. The van der Waals surface area contributed by atoms with Crippen LogP contribution in [0.4, 0.5) is 0 Å². The maximum atomic E-state index is 12.0. The molecule has 3 heteroatoms. The first-order valence-corrected chi connectivity index (χ1v) is 7.16. The SMILES string of the molecule is Cc1ccc(C(=O)CCc2cccs2)c(Br)c1. The van der Waals surface area contributed by atoms with Crippen molar-refractivity contribution < 1.29 is 4.79 Å². The highest BCUT2D eigenvalue weighted by molar-refractivity contribution is 9.10. The van der Waals surface area contributed by atoms with Gasteiger partial charge in [-0.3, -0.25) is 4.79 Å². The standard InChI is InChI=1S/C14H13BrOS/c1-10-4-6-12(13(15)9-10)14(16)7-5-11-3-2-8-17-11/h2-4,6,8-9H,5,7H2,1H3. The molecule has 0 aliphatic carbocycles. The monoisotopic (exact) mass is 308 g/mol. The van der Waals surface area contributed by atoms with E-state index in [0.717, 1.165) is 22.0 Å². The molecule has 0 N–H and O–H groups in total. The van der Waals surface area contributed by atoms with Gasteiger partial charge in [-0.2, -0.15) is 0 Å². The predicted molar refractivity (Wildman–Crippen MR) is 75.8 cm³/mol. The van der Waals surface area contributed by atoms with E-state index < -0.39 is 0 Å². The number of aryl methyl sites for hydroxylation is 2. The quantitative estimate of drug-likeness (QED) is 0.752. The molecule has 2 rings (SSSR count). The molecular weight excluding hydrogens is 296 g/mol. The number of carbonyl (C=O) groups is 1. The third-order valence-corrected chi connectivity index (χ3v) is 4.20. The second-order valence-electron chi connectivity index (χ2n) is 3.99. The summed E-state index contributed by atoms with van der Waals surface area (Å²) in [5, 5.41) is 2.04. The van der Waals surface area contributed by atoms with Crippen molar-refractivity contribution >= 4 is 33.0 Å². The minimum absolute atomic E-state index is 0.199. The fourth-order valence-electron chi connectivity index (χ4n) is 1.67. The van der Waals surface area contributed by atoms with Gasteiger partial charge in [-0.1, -0.05) is 34.1 Å². The molecule has 0 amide bonds. The van der Waals surface area contributed by atoms with Crippen molar-refractivity contribution in [2.75, 3.05) is 0 Å². The summed E-state index contributed by atoms with van der Waals surface area (Å²) in [6.07, 6.45) is 1.40. The third-order valence-electron chi connectivity index (χ3n) is 2.60. The minimum atomic E-state index is 0.199. The molecule has 0 aliphatic heterocycles. The summed E-state index contributed by atoms with van der Waals surface area (Å²) in [6, 6.07) is 9.95. The van der Waals surface area contributed by atoms with Gasteiger partial charge in [-0.15, -0.1) is 11.3 Å². The number of carbonyl (C=O) groups excluding carboxylic acids is 1. The van der Waals surface area contributed by atoms with Gasteiger partial charge in [0.05, 0.1) is 0 Å². The fraction of sp³-hybridized carbons (Fsp3) is 0.214. The van der Waals surface area contributed by atoms with E-state index >= 15 is 0 Å². The molecule has 0 fully saturated rings. The molecule has 1 heterocycles. The molecule has 0 saturated carbocycles. The smallest absolute Gasteiger partial charge is 0.164 e. The normalized spacial score (nSPS) is 10.5. The Bertz CT molecular complexity index is 517. The van der Waals surface area contributed by atoms with Crippen LogP contribution in [0, 0.1) is 6.92 Å². The number of rotatable bonds is 4. The highest BCUT2D eigenvalue weighted by Gasteiger charge is 2.10. The first kappa shape index (κ1) is 12.5. The van der Waals surface area contributed by atoms with Crippen molar-refractivity contribution in [2.45, 2.75) is 19.8 Å². The largest absolute Gasteiger partial charge is 0.294 e. The Morgan fingerprint density at radius 2 is 2.18 bits per heavy atom. The summed E-state index contributed by atoms with van der Waals surface area (Å²) in [6.45, 7) is 2.02. The first-order chi connectivity index (χ1) is 8.16. The van der Waals surface area contributed by atoms with Gasteiger partial charge in [-0.25, -0.2) is 0 Å². The second-order valence-corrected chi connectivity index (χ2v) is 5.87. The Labute approximate surface area is 114 Å². The summed E-state index contributed by atoms with van der Waals surface area (Å²) < 4.78 is 0.897. The molecule has 1 aromatic heterocycles. The van der Waals surface area contributed by atoms with Gasteiger partial charge in [-0.05, 0) is 36.4 Å². The molecule has 2 aromatic rings. The van der Waals surface area contributed by atoms with Gasteiger partial charge in [0.1, 0.15) is 0 Å². The van der Waals surface area contributed by atoms with Crippen LogP contribution in [0.25, 0.3) is 0 Å². The van der Waals surface area contributed by atoms with Crippen LogP contribution < -0.4 is 0 Å². The zero-order chi connectivity index (χ0) is 12.3. The van der Waals surface area contributed by atoms with E-state index in [1.165, 1.54) is 4.88 Å². The third kappa shape index (κ3) is 3.27. The molecule has 0 radical (unpaired) electrons. The Morgan fingerprint density at radius 3 is 2.82 bits per heavy atom. The molecule has 1 nitrogen and oxygen atoms in total. The summed E-state index contributed by atoms with van der Waals surface area (Å²) in [5.74, 6) is 0.199. The first-order valence-electron chi connectivity index (χ1n) is 5.48. The molecule has 0 spiro atoms. The molecule has 1 aromatic carbocycles. The van der Waals surface area contributed by atoms with Gasteiger partial charge in [0, 0.05) is 21.3 Å². The van der Waals surface area contributed by atoms with Gasteiger partial charge >= 0.3 is 0 Å². The molecule has 17 heavy (non-hydrogen) atoms. The Kier molecular flexibility index (Phi) is 4.13. The number of halogens is 1. The van der Waals surface area contributed by atoms with E-state index in [1.807, 2.05) is 36.6 Å². The van der Waals surface area contributed by atoms with E-state index in [0.29, 0.717) is 6.42 Å². The lowest BCUT2D eigenvalue weighted by Gasteiger charge is -2.04. The lowest BCUT2D eigenvalue weighted by atomic mass is 10.0. The summed E-state index contributed by atoms with van der Waals surface area (Å²) >= 11 is 5.15. The number of ketones is 1. The minimum Gasteiger partial charge on any atom is -0.294 e. The molecular formula is C14H13BrOS. The van der Waals surface area contributed by atoms with Crippen LogP contribution in [0.1, 0.15) is 27.2 Å². The topological polar surface area (TPSA) is 17.1 Å². The summed E-state index contributed by atoms with van der Waals surface area (Å²) in [7, 11) is 0. The molecule has 0 bridgehead atoms. The highest BCUT2D eigenvalue weighted by atomic mass is 79.9. The van der Waals surface area contributed by atoms with E-state index in [2.05, 4.69) is 22.0 Å². The number of Topliss-reactive ketones (excluding diaryl/α,β-unsaturated/α-hetero) is 1. The predicted octanol–water partition coefficient (Wildman–Crippen LogP) is 4.63. The fourth-order valence-corrected chi connectivity index (χ4v) is 3.10. The molecule has 0 atom stereocenters. The van der Waals surface area contributed by atoms with Crippen molar-refractivity contribution in [3.8, 4) is 0 Å². The zero-order valence-electron chi connectivity index (χ0n) is 9.57. The van der Waals surface area contributed by atoms with Crippen molar-refractivity contribution in [2.24, 2.45) is 0 Å². The van der Waals surface area contributed by atoms with Crippen LogP contribution in [0.2, 0.25) is 0 Å². The molecule has 0 unspecified atom stereocenters. The van der Waals surface area contributed by atoms with Crippen molar-refractivity contribution in [3.05, 3.63) is 56.2 Å². The Balaban J connectivity index is 2.04. The average molecular weight is 309 g/mol. The highest BCUT2D eigenvalue weighted by Crippen LogP contribution is 2.21. The summed E-state index contributed by atoms with van der Waals surface area (Å²) in [4.78, 5) is 13.3. The second kappa shape index (κ2) is 5.61. The zero-order valence-corrected chi connectivity index (χ0v) is 12.0. The van der Waals surface area contributed by atoms with Crippen LogP contribution in [-0.2, 0) is 6.42 Å². The van der Waals surface area contributed by atoms with Crippen LogP contribution in [0.3, 0.4) is 0 Å². The van der Waals surface area contributed by atoms with E-state index in [-0.39, 0.29) is 5.78 Å². The van der Waals surface area contributed by atoms with Crippen LogP contribution in [0.5, 0.6) is 0 Å². The number of thiophene rings is 1. The number of hydrogen-bond acceptors (Lipinski definition) is 2. The van der Waals surface area contributed by atoms with E-state index in [1.54, 1.807) is 11.3 Å². The van der Waals surface area contributed by atoms with E-state index in [4.69, 9.17) is 0 Å². The molecule has 0 saturated heterocycles. The van der Waals surface area contributed by atoms with Crippen LogP contribution in [-0.4, -0.2) is 5.78 Å². The Morgan fingerprint density at radius 1 is 1.35 bits per heavy atom. The van der Waals surface area contributed by atoms with Gasteiger partial charge in [0.25, 0.3) is 0 Å². The van der Waals surface area contributed by atoms with Gasteiger partial charge < -0.3 is 0 Å². The van der Waals surface area contributed by atoms with Crippen LogP contribution >= 0.6 is 27.3 Å². The van der Waals surface area contributed by atoms with Gasteiger partial charge in [0.2, 0.25) is 0 Å². The lowest BCUT2D eigenvalue weighted by Crippen LogP contribution is -2.01. The molecule has 0 aliphatic rings. The van der Waals surface area contributed by atoms with Crippen LogP contribution in [0.15, 0.2) is 40.2 Å². The number of hydrogen-bond donors (Lipinski definition) is 0. The van der Waals surface area contributed by atoms with Gasteiger partial charge in [0.15, 0.2) is 5.78 Å². The number of benzene rings is 1. The summed E-state index contributed by atoms with van der Waals surface area (Å²) in [5.41, 5.74) is 1.94. The molecule has 88 valence electrons. The van der Waals surface area contributed by atoms with Crippen molar-refractivity contribution in [1.82, 2.24) is 0 Å². The maximum Gasteiger partial charge on any atom is 0.164 e. The van der Waals surface area contributed by atoms with Crippen molar-refractivity contribution in [3.63, 3.8) is 0 Å². The average Bonchev–Trinajstić information content (AvgIpc) is 2.78. The Hall–Kier alpha value is -0.930. The van der Waals surface area contributed by atoms with Crippen molar-refractivity contribution in [1.29, 1.82) is 0 Å².